The van der Waals surface area contributed by atoms with E-state index in [1.54, 1.807) is 25.1 Å². The number of alkyl halides is 3. The molecule has 0 spiro atoms. The Bertz CT molecular complexity index is 913. The molecule has 3 rings (SSSR count). The van der Waals surface area contributed by atoms with Gasteiger partial charge in [-0.3, -0.25) is 15.5 Å². The van der Waals surface area contributed by atoms with Gasteiger partial charge in [0.2, 0.25) is 0 Å². The Balaban J connectivity index is 1.85. The molecule has 0 saturated heterocycles. The Morgan fingerprint density at radius 3 is 2.52 bits per heavy atom. The quantitative estimate of drug-likeness (QED) is 0.487. The number of hydrogen-bond acceptors (Lipinski definition) is 6. The van der Waals surface area contributed by atoms with Gasteiger partial charge < -0.3 is 9.47 Å². The number of ether oxygens (including phenoxy) is 2. The van der Waals surface area contributed by atoms with Crippen molar-refractivity contribution < 1.29 is 27.6 Å². The highest BCUT2D eigenvalue weighted by Gasteiger charge is 2.33. The van der Waals surface area contributed by atoms with Crippen LogP contribution in [0.25, 0.3) is 0 Å². The molecule has 0 aromatic heterocycles. The van der Waals surface area contributed by atoms with E-state index in [4.69, 9.17) is 9.47 Å². The van der Waals surface area contributed by atoms with Gasteiger partial charge >= 0.3 is 6.18 Å². The fraction of sp³-hybridized carbons (Fsp3) is 0.235. The lowest BCUT2D eigenvalue weighted by Crippen LogP contribution is -2.15. The highest BCUT2D eigenvalue weighted by molar-refractivity contribution is 5.99. The van der Waals surface area contributed by atoms with Crippen molar-refractivity contribution in [1.82, 2.24) is 0 Å². The van der Waals surface area contributed by atoms with Crippen LogP contribution in [0.1, 0.15) is 18.1 Å². The number of nitrogens with zero attached hydrogens (tertiary/aromatic N) is 2. The lowest BCUT2D eigenvalue weighted by molar-refractivity contribution is -0.384. The summed E-state index contributed by atoms with van der Waals surface area (Å²) in [6.45, 7) is 2.52. The first-order valence-corrected chi connectivity index (χ1v) is 7.81. The molecule has 1 N–H and O–H groups in total. The Hall–Kier alpha value is -3.30. The smallest absolute Gasteiger partial charge is 0.416 e. The first-order valence-electron chi connectivity index (χ1n) is 7.81. The number of benzene rings is 2. The third-order valence-electron chi connectivity index (χ3n) is 3.83. The number of nitro groups is 1. The summed E-state index contributed by atoms with van der Waals surface area (Å²) in [6, 6.07) is 7.35. The number of halogens is 3. The molecule has 27 heavy (non-hydrogen) atoms. The number of nitrogens with one attached hydrogen (secondary N) is 1. The molecule has 0 saturated carbocycles. The molecule has 1 aliphatic heterocycles. The van der Waals surface area contributed by atoms with Crippen molar-refractivity contribution in [3.05, 3.63) is 57.6 Å². The maximum Gasteiger partial charge on any atom is 0.416 e. The third kappa shape index (κ3) is 4.10. The van der Waals surface area contributed by atoms with Crippen molar-refractivity contribution in [1.29, 1.82) is 0 Å². The molecule has 142 valence electrons. The number of hydrazone groups is 1. The van der Waals surface area contributed by atoms with E-state index < -0.39 is 22.4 Å². The van der Waals surface area contributed by atoms with Gasteiger partial charge in [0, 0.05) is 11.6 Å². The molecule has 0 radical (unpaired) electrons. The summed E-state index contributed by atoms with van der Waals surface area (Å²) >= 11 is 0. The molecule has 0 bridgehead atoms. The molecule has 7 nitrogen and oxygen atoms in total. The lowest BCUT2D eigenvalue weighted by Gasteiger charge is -2.18. The minimum absolute atomic E-state index is 0.148. The molecule has 0 amide bonds. The number of anilines is 1. The second-order valence-electron chi connectivity index (χ2n) is 5.65. The standard InChI is InChI=1S/C17H14F3N3O4/c1-10(11-2-5-15-16(8-11)27-7-6-26-15)21-22-13-4-3-12(17(18,19)20)9-14(13)23(24)25/h2-5,8-9,22H,6-7H2,1H3/b21-10-. The molecule has 1 aliphatic rings. The molecule has 2 aromatic carbocycles. The second-order valence-corrected chi connectivity index (χ2v) is 5.65. The molecule has 0 unspecified atom stereocenters. The zero-order chi connectivity index (χ0) is 19.6. The minimum atomic E-state index is -4.67. The minimum Gasteiger partial charge on any atom is -0.486 e. The number of hydrogen-bond donors (Lipinski definition) is 1. The molecular weight excluding hydrogens is 367 g/mol. The van der Waals surface area contributed by atoms with Gasteiger partial charge in [-0.25, -0.2) is 0 Å². The van der Waals surface area contributed by atoms with Gasteiger partial charge in [-0.15, -0.1) is 0 Å². The molecule has 0 atom stereocenters. The largest absolute Gasteiger partial charge is 0.486 e. The van der Waals surface area contributed by atoms with Crippen LogP contribution in [0.4, 0.5) is 24.5 Å². The lowest BCUT2D eigenvalue weighted by atomic mass is 10.1. The van der Waals surface area contributed by atoms with Crippen LogP contribution in [0.3, 0.4) is 0 Å². The maximum absolute atomic E-state index is 12.7. The normalized spacial score (nSPS) is 14.0. The van der Waals surface area contributed by atoms with Crippen molar-refractivity contribution in [3.63, 3.8) is 0 Å². The predicted octanol–water partition coefficient (Wildman–Crippen LogP) is 4.22. The fourth-order valence-electron chi connectivity index (χ4n) is 2.43. The second kappa shape index (κ2) is 7.14. The first kappa shape index (κ1) is 18.5. The van der Waals surface area contributed by atoms with Crippen LogP contribution in [-0.2, 0) is 6.18 Å². The Morgan fingerprint density at radius 1 is 1.15 bits per heavy atom. The van der Waals surface area contributed by atoms with Gasteiger partial charge in [-0.2, -0.15) is 18.3 Å². The molecule has 10 heteroatoms. The average molecular weight is 381 g/mol. The molecule has 0 fully saturated rings. The first-order chi connectivity index (χ1) is 12.8. The van der Waals surface area contributed by atoms with Gasteiger partial charge in [-0.1, -0.05) is 0 Å². The topological polar surface area (TPSA) is 86.0 Å². The fourth-order valence-corrected chi connectivity index (χ4v) is 2.43. The van der Waals surface area contributed by atoms with E-state index in [0.717, 1.165) is 12.1 Å². The van der Waals surface area contributed by atoms with E-state index >= 15 is 0 Å². The van der Waals surface area contributed by atoms with Crippen molar-refractivity contribution in [2.75, 3.05) is 18.6 Å². The van der Waals surface area contributed by atoms with Crippen LogP contribution in [-0.4, -0.2) is 23.8 Å². The number of nitro benzene ring substituents is 1. The van der Waals surface area contributed by atoms with Crippen LogP contribution in [0.5, 0.6) is 11.5 Å². The van der Waals surface area contributed by atoms with Gasteiger partial charge in [0.1, 0.15) is 18.9 Å². The van der Waals surface area contributed by atoms with Crippen LogP contribution < -0.4 is 14.9 Å². The Morgan fingerprint density at radius 2 is 1.85 bits per heavy atom. The van der Waals surface area contributed by atoms with E-state index in [1.807, 2.05) is 0 Å². The van der Waals surface area contributed by atoms with Crippen LogP contribution >= 0.6 is 0 Å². The summed E-state index contributed by atoms with van der Waals surface area (Å²) in [6.07, 6.45) is -4.67. The summed E-state index contributed by atoms with van der Waals surface area (Å²) in [7, 11) is 0. The van der Waals surface area contributed by atoms with Crippen LogP contribution in [0.15, 0.2) is 41.5 Å². The van der Waals surface area contributed by atoms with Gasteiger partial charge in [0.05, 0.1) is 16.2 Å². The third-order valence-corrected chi connectivity index (χ3v) is 3.83. The Labute approximate surface area is 151 Å². The summed E-state index contributed by atoms with van der Waals surface area (Å²) in [5.41, 5.74) is 1.61. The SMILES string of the molecule is C/C(=N/Nc1ccc(C(F)(F)F)cc1[N+](=O)[O-])c1ccc2c(c1)OCCO2. The summed E-state index contributed by atoms with van der Waals surface area (Å²) < 4.78 is 49.1. The van der Waals surface area contributed by atoms with Gasteiger partial charge in [0.25, 0.3) is 5.69 Å². The van der Waals surface area contributed by atoms with Crippen LogP contribution in [0.2, 0.25) is 0 Å². The molecule has 0 aliphatic carbocycles. The number of fused-ring (bicyclic) bond motifs is 1. The van der Waals surface area contributed by atoms with E-state index in [9.17, 15) is 23.3 Å². The van der Waals surface area contributed by atoms with E-state index in [1.165, 1.54) is 0 Å². The van der Waals surface area contributed by atoms with Crippen molar-refractivity contribution in [2.24, 2.45) is 5.10 Å². The summed E-state index contributed by atoms with van der Waals surface area (Å²) in [5, 5.41) is 15.1. The molecule has 1 heterocycles. The summed E-state index contributed by atoms with van der Waals surface area (Å²) in [4.78, 5) is 10.2. The summed E-state index contributed by atoms with van der Waals surface area (Å²) in [5.74, 6) is 1.15. The van der Waals surface area contributed by atoms with Gasteiger partial charge in [-0.05, 0) is 37.3 Å². The average Bonchev–Trinajstić information content (AvgIpc) is 2.64. The van der Waals surface area contributed by atoms with Crippen molar-refractivity contribution in [3.8, 4) is 11.5 Å². The highest BCUT2D eigenvalue weighted by Crippen LogP contribution is 2.35. The zero-order valence-corrected chi connectivity index (χ0v) is 14.0. The molecule has 2 aromatic rings. The van der Waals surface area contributed by atoms with E-state index in [0.29, 0.717) is 42.1 Å². The maximum atomic E-state index is 12.7. The predicted molar refractivity (Wildman–Crippen MR) is 91.4 cm³/mol. The zero-order valence-electron chi connectivity index (χ0n) is 14.0. The highest BCUT2D eigenvalue weighted by atomic mass is 19.4. The van der Waals surface area contributed by atoms with Gasteiger partial charge in [0.15, 0.2) is 11.5 Å². The van der Waals surface area contributed by atoms with Crippen molar-refractivity contribution >= 4 is 17.1 Å². The number of rotatable bonds is 4. The Kier molecular flexibility index (Phi) is 4.89. The van der Waals surface area contributed by atoms with E-state index in [-0.39, 0.29) is 5.69 Å². The van der Waals surface area contributed by atoms with Crippen molar-refractivity contribution in [2.45, 2.75) is 13.1 Å². The monoisotopic (exact) mass is 381 g/mol. The molecular formula is C17H14F3N3O4. The van der Waals surface area contributed by atoms with Crippen LogP contribution in [0, 0.1) is 10.1 Å². The van der Waals surface area contributed by atoms with E-state index in [2.05, 4.69) is 10.5 Å².